The molecule has 0 saturated heterocycles. The Morgan fingerprint density at radius 3 is 2.47 bits per heavy atom. The average Bonchev–Trinajstić information content (AvgIpc) is 3.32. The van der Waals surface area contributed by atoms with Crippen LogP contribution >= 0.6 is 11.3 Å². The molecule has 2 fully saturated rings. The van der Waals surface area contributed by atoms with Gasteiger partial charge in [-0.2, -0.15) is 0 Å². The van der Waals surface area contributed by atoms with Gasteiger partial charge in [0.25, 0.3) is 0 Å². The van der Waals surface area contributed by atoms with Gasteiger partial charge in [0.15, 0.2) is 15.0 Å². The Kier molecular flexibility index (Phi) is 6.72. The van der Waals surface area contributed by atoms with Gasteiger partial charge in [-0.3, -0.25) is 4.79 Å². The first-order valence-electron chi connectivity index (χ1n) is 11.1. The maximum absolute atomic E-state index is 13.3. The van der Waals surface area contributed by atoms with Crippen LogP contribution in [0.3, 0.4) is 0 Å². The lowest BCUT2D eigenvalue weighted by molar-refractivity contribution is -0.118. The number of aromatic nitrogens is 1. The summed E-state index contributed by atoms with van der Waals surface area (Å²) in [4.78, 5) is 17.8. The lowest BCUT2D eigenvalue weighted by Gasteiger charge is -2.20. The molecule has 174 valence electrons. The van der Waals surface area contributed by atoms with E-state index in [2.05, 4.69) is 10.3 Å². The Labute approximate surface area is 192 Å². The fraction of sp³-hybridized carbons (Fsp3) is 0.565. The van der Waals surface area contributed by atoms with Crippen LogP contribution in [0.1, 0.15) is 69.0 Å². The van der Waals surface area contributed by atoms with Gasteiger partial charge in [0.2, 0.25) is 5.91 Å². The highest BCUT2D eigenvalue weighted by Crippen LogP contribution is 2.37. The fourth-order valence-corrected chi connectivity index (χ4v) is 6.78. The number of amides is 1. The molecule has 1 unspecified atom stereocenters. The summed E-state index contributed by atoms with van der Waals surface area (Å²) in [6, 6.07) is 6.77. The smallest absolute Gasteiger partial charge is 0.233 e. The Hall–Kier alpha value is -1.81. The number of carbonyl (C=O) groups excluding carboxylic acids is 1. The van der Waals surface area contributed by atoms with E-state index in [0.29, 0.717) is 28.1 Å². The van der Waals surface area contributed by atoms with Crippen LogP contribution in [-0.2, 0) is 20.2 Å². The molecule has 2 aliphatic carbocycles. The molecule has 2 atom stereocenters. The van der Waals surface area contributed by atoms with E-state index < -0.39 is 28.0 Å². The molecule has 0 bridgehead atoms. The minimum absolute atomic E-state index is 0.195. The maximum Gasteiger partial charge on any atom is 0.233 e. The number of hydrogen-bond acceptors (Lipinski definition) is 7. The average molecular weight is 479 g/mol. The van der Waals surface area contributed by atoms with E-state index in [1.54, 1.807) is 29.6 Å². The predicted octanol–water partition coefficient (Wildman–Crippen LogP) is 3.58. The van der Waals surface area contributed by atoms with Crippen LogP contribution < -0.4 is 5.32 Å². The third-order valence-electron chi connectivity index (χ3n) is 6.53. The molecule has 2 saturated carbocycles. The summed E-state index contributed by atoms with van der Waals surface area (Å²) < 4.78 is 25.0. The van der Waals surface area contributed by atoms with Crippen molar-refractivity contribution in [3.8, 4) is 0 Å². The van der Waals surface area contributed by atoms with E-state index in [-0.39, 0.29) is 11.2 Å². The number of aliphatic hydroxyl groups is 2. The molecule has 0 radical (unpaired) electrons. The molecular weight excluding hydrogens is 448 g/mol. The summed E-state index contributed by atoms with van der Waals surface area (Å²) in [5, 5.41) is 24.1. The zero-order valence-corrected chi connectivity index (χ0v) is 19.8. The Bertz CT molecular complexity index is 1050. The maximum atomic E-state index is 13.3. The third kappa shape index (κ3) is 5.06. The molecule has 2 aliphatic rings. The molecule has 1 amide bonds. The quantitative estimate of drug-likeness (QED) is 0.507. The SMILES string of the molecule is CC(O)(CO)c1csc(NC(=O)[C@H](CC2CCCC2)c2ccc(S(=O)(=O)C3CC3)cc2)n1. The Balaban J connectivity index is 1.54. The number of thiazole rings is 1. The zero-order chi connectivity index (χ0) is 22.9. The van der Waals surface area contributed by atoms with E-state index in [0.717, 1.165) is 31.2 Å². The van der Waals surface area contributed by atoms with Gasteiger partial charge in [0.1, 0.15) is 5.60 Å². The second-order valence-electron chi connectivity index (χ2n) is 9.21. The van der Waals surface area contributed by atoms with Crippen molar-refractivity contribution in [1.82, 2.24) is 4.98 Å². The number of benzene rings is 1. The second kappa shape index (κ2) is 9.21. The number of sulfone groups is 1. The lowest BCUT2D eigenvalue weighted by Crippen LogP contribution is -2.27. The summed E-state index contributed by atoms with van der Waals surface area (Å²) in [6.45, 7) is 0.998. The molecule has 1 aromatic carbocycles. The van der Waals surface area contributed by atoms with Crippen molar-refractivity contribution >= 4 is 32.2 Å². The molecule has 2 aromatic rings. The van der Waals surface area contributed by atoms with Gasteiger partial charge in [0.05, 0.1) is 28.4 Å². The van der Waals surface area contributed by atoms with Gasteiger partial charge in [-0.1, -0.05) is 37.8 Å². The molecule has 1 aromatic heterocycles. The van der Waals surface area contributed by atoms with Crippen molar-refractivity contribution in [2.24, 2.45) is 5.92 Å². The topological polar surface area (TPSA) is 117 Å². The number of carbonyl (C=O) groups is 1. The molecule has 7 nitrogen and oxygen atoms in total. The summed E-state index contributed by atoms with van der Waals surface area (Å²) in [5.41, 5.74) is -0.364. The Morgan fingerprint density at radius 2 is 1.88 bits per heavy atom. The van der Waals surface area contributed by atoms with Gasteiger partial charge in [-0.15, -0.1) is 11.3 Å². The summed E-state index contributed by atoms with van der Waals surface area (Å²) in [6.07, 6.45) is 6.67. The van der Waals surface area contributed by atoms with Crippen molar-refractivity contribution in [3.63, 3.8) is 0 Å². The van der Waals surface area contributed by atoms with Crippen molar-refractivity contribution in [2.45, 2.75) is 73.5 Å². The first-order chi connectivity index (χ1) is 15.2. The van der Waals surface area contributed by atoms with Crippen LogP contribution in [0.15, 0.2) is 34.5 Å². The molecule has 1 heterocycles. The van der Waals surface area contributed by atoms with E-state index in [1.165, 1.54) is 31.1 Å². The highest BCUT2D eigenvalue weighted by Gasteiger charge is 2.37. The fourth-order valence-electron chi connectivity index (χ4n) is 4.29. The van der Waals surface area contributed by atoms with Gasteiger partial charge < -0.3 is 15.5 Å². The van der Waals surface area contributed by atoms with Crippen molar-refractivity contribution in [3.05, 3.63) is 40.9 Å². The van der Waals surface area contributed by atoms with E-state index >= 15 is 0 Å². The normalized spacial score (nSPS) is 20.1. The van der Waals surface area contributed by atoms with E-state index in [9.17, 15) is 23.4 Å². The third-order valence-corrected chi connectivity index (χ3v) is 9.56. The van der Waals surface area contributed by atoms with Gasteiger partial charge in [-0.05, 0) is 49.8 Å². The van der Waals surface area contributed by atoms with E-state index in [4.69, 9.17) is 0 Å². The van der Waals surface area contributed by atoms with Crippen LogP contribution in [0.4, 0.5) is 5.13 Å². The summed E-state index contributed by atoms with van der Waals surface area (Å²) in [5.74, 6) is -0.150. The molecule has 0 spiro atoms. The van der Waals surface area contributed by atoms with Gasteiger partial charge in [-0.25, -0.2) is 13.4 Å². The number of rotatable bonds is 9. The number of nitrogens with one attached hydrogen (secondary N) is 1. The minimum atomic E-state index is -3.27. The molecule has 0 aliphatic heterocycles. The Morgan fingerprint density at radius 1 is 1.22 bits per heavy atom. The minimum Gasteiger partial charge on any atom is -0.393 e. The van der Waals surface area contributed by atoms with E-state index in [1.807, 2.05) is 0 Å². The monoisotopic (exact) mass is 478 g/mol. The van der Waals surface area contributed by atoms with Crippen LogP contribution in [0.25, 0.3) is 0 Å². The predicted molar refractivity (Wildman–Crippen MR) is 123 cm³/mol. The molecule has 9 heteroatoms. The molecule has 3 N–H and O–H groups in total. The summed E-state index contributed by atoms with van der Waals surface area (Å²) >= 11 is 1.20. The highest BCUT2D eigenvalue weighted by molar-refractivity contribution is 7.92. The van der Waals surface area contributed by atoms with Gasteiger partial charge in [0, 0.05) is 5.38 Å². The van der Waals surface area contributed by atoms with Crippen molar-refractivity contribution in [2.75, 3.05) is 11.9 Å². The van der Waals surface area contributed by atoms with Crippen LogP contribution in [0, 0.1) is 5.92 Å². The number of anilines is 1. The number of hydrogen-bond donors (Lipinski definition) is 3. The molecule has 4 rings (SSSR count). The lowest BCUT2D eigenvalue weighted by atomic mass is 9.87. The van der Waals surface area contributed by atoms with Gasteiger partial charge >= 0.3 is 0 Å². The zero-order valence-electron chi connectivity index (χ0n) is 18.2. The van der Waals surface area contributed by atoms with Crippen molar-refractivity contribution < 1.29 is 23.4 Å². The van der Waals surface area contributed by atoms with Crippen LogP contribution in [-0.4, -0.2) is 41.4 Å². The number of nitrogens with zero attached hydrogens (tertiary/aromatic N) is 1. The molecule has 32 heavy (non-hydrogen) atoms. The highest BCUT2D eigenvalue weighted by atomic mass is 32.2. The standard InChI is InChI=1S/C23H30N2O5S2/c1-23(28,14-26)20-13-31-22(24-20)25-21(27)19(12-15-4-2-3-5-15)16-6-8-17(9-7-16)32(29,30)18-10-11-18/h6-9,13,15,18-19,26,28H,2-5,10-12,14H2,1H3,(H,24,25,27)/t19-,23?/m1/s1. The second-order valence-corrected chi connectivity index (χ2v) is 12.3. The first-order valence-corrected chi connectivity index (χ1v) is 13.6. The van der Waals surface area contributed by atoms with Crippen LogP contribution in [0.2, 0.25) is 0 Å². The first kappa shape index (κ1) is 23.4. The number of aliphatic hydroxyl groups excluding tert-OH is 1. The summed E-state index contributed by atoms with van der Waals surface area (Å²) in [7, 11) is -3.27. The van der Waals surface area contributed by atoms with Crippen molar-refractivity contribution in [1.29, 1.82) is 0 Å². The largest absolute Gasteiger partial charge is 0.393 e. The molecular formula is C23H30N2O5S2. The van der Waals surface area contributed by atoms with Crippen LogP contribution in [0.5, 0.6) is 0 Å².